The second-order valence-electron chi connectivity index (χ2n) is 26.2. The van der Waals surface area contributed by atoms with Gasteiger partial charge in [-0.2, -0.15) is 0 Å². The summed E-state index contributed by atoms with van der Waals surface area (Å²) in [5.41, 5.74) is 0. The number of rotatable bonds is 69. The molecular formula is C82H142NO8+. The Balaban J connectivity index is 4.04. The highest BCUT2D eigenvalue weighted by Crippen LogP contribution is 2.18. The van der Waals surface area contributed by atoms with Gasteiger partial charge < -0.3 is 28.5 Å². The van der Waals surface area contributed by atoms with Crippen molar-refractivity contribution in [3.05, 3.63) is 122 Å². The zero-order valence-corrected chi connectivity index (χ0v) is 59.7. The number of carbonyl (C=O) groups is 3. The Labute approximate surface area is 561 Å². The molecule has 0 saturated heterocycles. The molecule has 2 atom stereocenters. The van der Waals surface area contributed by atoms with Crippen LogP contribution in [0.2, 0.25) is 0 Å². The molecule has 0 spiro atoms. The van der Waals surface area contributed by atoms with Gasteiger partial charge in [0.25, 0.3) is 6.29 Å². The van der Waals surface area contributed by atoms with Crippen molar-refractivity contribution in [1.29, 1.82) is 0 Å². The van der Waals surface area contributed by atoms with E-state index in [1.165, 1.54) is 193 Å². The van der Waals surface area contributed by atoms with Crippen molar-refractivity contribution < 1.29 is 42.9 Å². The van der Waals surface area contributed by atoms with Crippen LogP contribution in [0.1, 0.15) is 322 Å². The number of carbonyl (C=O) groups excluding carboxylic acids is 2. The Morgan fingerprint density at radius 2 is 0.626 bits per heavy atom. The number of carboxylic acids is 1. The van der Waals surface area contributed by atoms with Gasteiger partial charge in [-0.15, -0.1) is 0 Å². The van der Waals surface area contributed by atoms with Gasteiger partial charge in [0.2, 0.25) is 0 Å². The van der Waals surface area contributed by atoms with E-state index in [2.05, 4.69) is 135 Å². The van der Waals surface area contributed by atoms with Gasteiger partial charge in [0.1, 0.15) is 13.2 Å². The van der Waals surface area contributed by atoms with E-state index in [9.17, 15) is 19.5 Å². The van der Waals surface area contributed by atoms with Gasteiger partial charge in [0.05, 0.1) is 34.4 Å². The number of esters is 2. The molecule has 0 heterocycles. The minimum Gasteiger partial charge on any atom is -0.477 e. The van der Waals surface area contributed by atoms with E-state index in [-0.39, 0.29) is 32.2 Å². The third-order valence-corrected chi connectivity index (χ3v) is 16.2. The number of quaternary nitrogens is 1. The predicted octanol–water partition coefficient (Wildman–Crippen LogP) is 23.9. The Morgan fingerprint density at radius 1 is 0.341 bits per heavy atom. The van der Waals surface area contributed by atoms with Crippen LogP contribution in [0.4, 0.5) is 0 Å². The highest BCUT2D eigenvalue weighted by atomic mass is 16.7. The third kappa shape index (κ3) is 73.0. The summed E-state index contributed by atoms with van der Waals surface area (Å²) in [4.78, 5) is 37.6. The number of likely N-dealkylation sites (N-methyl/N-ethyl adjacent to an activating group) is 1. The fourth-order valence-corrected chi connectivity index (χ4v) is 10.5. The van der Waals surface area contributed by atoms with E-state index in [1.807, 2.05) is 21.1 Å². The molecule has 0 aromatic heterocycles. The minimum atomic E-state index is -1.53. The number of unbranched alkanes of at least 4 members (excludes halogenated alkanes) is 34. The van der Waals surface area contributed by atoms with E-state index in [4.69, 9.17) is 18.9 Å². The topological polar surface area (TPSA) is 108 Å². The molecule has 0 aliphatic rings. The number of allylic oxidation sites excluding steroid dienone is 20. The second-order valence-corrected chi connectivity index (χ2v) is 26.2. The number of nitrogens with zero attached hydrogens (tertiary/aromatic N) is 1. The smallest absolute Gasteiger partial charge is 0.361 e. The van der Waals surface area contributed by atoms with Gasteiger partial charge in [-0.05, 0) is 109 Å². The molecule has 0 bridgehead atoms. The van der Waals surface area contributed by atoms with E-state index in [0.717, 1.165) is 96.3 Å². The molecule has 9 heteroatoms. The SMILES string of the molecule is CC/C=C\C/C=C\C/C=C\C/C=C\C/C=C\C/C=C\C/C=C\CCCCCC(=O)OC(COC(=O)CCCCCCCCCCCCCCCCCCCCCCCCCCCC/C=C\C/C=C\C/C=C\CCCCCCC)COC(OCC[N+](C)(C)C)C(=O)O. The van der Waals surface area contributed by atoms with Crippen molar-refractivity contribution in [1.82, 2.24) is 0 Å². The maximum Gasteiger partial charge on any atom is 0.361 e. The van der Waals surface area contributed by atoms with Crippen LogP contribution in [0.5, 0.6) is 0 Å². The Hall–Kier alpha value is -4.31. The van der Waals surface area contributed by atoms with Gasteiger partial charge in [0.15, 0.2) is 6.10 Å². The lowest BCUT2D eigenvalue weighted by Crippen LogP contribution is -2.40. The van der Waals surface area contributed by atoms with E-state index in [0.29, 0.717) is 23.9 Å². The van der Waals surface area contributed by atoms with E-state index < -0.39 is 24.3 Å². The summed E-state index contributed by atoms with van der Waals surface area (Å²) in [6.07, 6.45) is 99.2. The first-order chi connectivity index (χ1) is 44.6. The average molecular weight is 1270 g/mol. The maximum absolute atomic E-state index is 12.9. The normalized spacial score (nSPS) is 13.4. The van der Waals surface area contributed by atoms with Crippen LogP contribution in [0.25, 0.3) is 0 Å². The van der Waals surface area contributed by atoms with Gasteiger partial charge in [0, 0.05) is 12.8 Å². The molecule has 0 radical (unpaired) electrons. The predicted molar refractivity (Wildman–Crippen MR) is 391 cm³/mol. The monoisotopic (exact) mass is 1270 g/mol. The molecular weight excluding hydrogens is 1130 g/mol. The van der Waals surface area contributed by atoms with Crippen molar-refractivity contribution >= 4 is 17.9 Å². The summed E-state index contributed by atoms with van der Waals surface area (Å²) < 4.78 is 22.9. The minimum absolute atomic E-state index is 0.176. The molecule has 9 nitrogen and oxygen atoms in total. The largest absolute Gasteiger partial charge is 0.477 e. The molecule has 0 aliphatic carbocycles. The summed E-state index contributed by atoms with van der Waals surface area (Å²) in [5, 5.41) is 9.75. The highest BCUT2D eigenvalue weighted by Gasteiger charge is 2.25. The number of hydrogen-bond donors (Lipinski definition) is 1. The second kappa shape index (κ2) is 71.5. The molecule has 0 amide bonds. The molecule has 0 saturated carbocycles. The van der Waals surface area contributed by atoms with Gasteiger partial charge >= 0.3 is 17.9 Å². The van der Waals surface area contributed by atoms with E-state index >= 15 is 0 Å². The van der Waals surface area contributed by atoms with Crippen LogP contribution < -0.4 is 0 Å². The number of ether oxygens (including phenoxy) is 4. The lowest BCUT2D eigenvalue weighted by Gasteiger charge is -2.25. The summed E-state index contributed by atoms with van der Waals surface area (Å²) in [7, 11) is 5.96. The van der Waals surface area contributed by atoms with Gasteiger partial charge in [-0.1, -0.05) is 322 Å². The lowest BCUT2D eigenvalue weighted by molar-refractivity contribution is -0.870. The van der Waals surface area contributed by atoms with Crippen LogP contribution in [0.15, 0.2) is 122 Å². The van der Waals surface area contributed by atoms with E-state index in [1.54, 1.807) is 0 Å². The molecule has 2 unspecified atom stereocenters. The molecule has 91 heavy (non-hydrogen) atoms. The Morgan fingerprint density at radius 3 is 0.945 bits per heavy atom. The first-order valence-electron chi connectivity index (χ1n) is 37.7. The van der Waals surface area contributed by atoms with Crippen molar-refractivity contribution in [2.75, 3.05) is 47.5 Å². The molecule has 0 aliphatic heterocycles. The molecule has 1 N–H and O–H groups in total. The van der Waals surface area contributed by atoms with Crippen LogP contribution >= 0.6 is 0 Å². The van der Waals surface area contributed by atoms with Crippen LogP contribution in [-0.2, 0) is 33.3 Å². The maximum atomic E-state index is 12.9. The van der Waals surface area contributed by atoms with Gasteiger partial charge in [-0.3, -0.25) is 9.59 Å². The summed E-state index contributed by atoms with van der Waals surface area (Å²) in [6, 6.07) is 0. The van der Waals surface area contributed by atoms with Crippen molar-refractivity contribution in [3.8, 4) is 0 Å². The summed E-state index contributed by atoms with van der Waals surface area (Å²) in [5.74, 6) is -2.05. The summed E-state index contributed by atoms with van der Waals surface area (Å²) in [6.45, 7) is 4.73. The number of hydrogen-bond acceptors (Lipinski definition) is 7. The van der Waals surface area contributed by atoms with Crippen LogP contribution in [0.3, 0.4) is 0 Å². The average Bonchev–Trinajstić information content (AvgIpc) is 3.46. The number of carboxylic acid groups (broad SMARTS) is 1. The first kappa shape index (κ1) is 86.7. The Kier molecular flexibility index (Phi) is 68.1. The van der Waals surface area contributed by atoms with Crippen molar-refractivity contribution in [2.45, 2.75) is 334 Å². The number of aliphatic carboxylic acids is 1. The van der Waals surface area contributed by atoms with Crippen LogP contribution in [0, 0.1) is 0 Å². The molecule has 522 valence electrons. The van der Waals surface area contributed by atoms with Crippen molar-refractivity contribution in [3.63, 3.8) is 0 Å². The zero-order chi connectivity index (χ0) is 66.1. The molecule has 0 aromatic rings. The lowest BCUT2D eigenvalue weighted by atomic mass is 10.0. The molecule has 0 fully saturated rings. The highest BCUT2D eigenvalue weighted by molar-refractivity contribution is 5.71. The molecule has 0 aromatic carbocycles. The third-order valence-electron chi connectivity index (χ3n) is 16.2. The fourth-order valence-electron chi connectivity index (χ4n) is 10.5. The summed E-state index contributed by atoms with van der Waals surface area (Å²) >= 11 is 0. The van der Waals surface area contributed by atoms with Crippen molar-refractivity contribution in [2.24, 2.45) is 0 Å². The zero-order valence-electron chi connectivity index (χ0n) is 59.7. The molecule has 0 rings (SSSR count). The first-order valence-corrected chi connectivity index (χ1v) is 37.7. The van der Waals surface area contributed by atoms with Gasteiger partial charge in [-0.25, -0.2) is 4.79 Å². The Bertz CT molecular complexity index is 1910. The van der Waals surface area contributed by atoms with Crippen LogP contribution in [-0.4, -0.2) is 87.4 Å². The fraction of sp³-hybridized carbons (Fsp3) is 0.720. The quantitative estimate of drug-likeness (QED) is 0.0211. The standard InChI is InChI=1S/C82H141NO8/c1-6-8-10-12-14-16-18-20-22-24-26-28-30-32-33-34-35-36-37-38-39-40-41-42-43-44-45-46-47-49-50-52-54-56-58-60-62-64-66-68-70-72-79(84)89-76-78(77-90-82(81(86)87)88-75-74-83(3,4)5)91-80(85)73-71-69-67-65-63-61-59-57-55-53-51-48-31-29-27-25-23-21-19-17-15-13-11-9-7-2/h9,11,15,17-18,20-21,23-24,26-27,29-30,32,48,51,55,57,61,63,78,82H,6-8,10,12-14,16,19,22,25,28,31,33-47,49-50,52-54,56,58-60,62,64-77H2,1-5H3/p+1/b11-9-,17-15-,20-18-,23-21-,26-24-,29-27-,32-30-,51-48-,57-55-,63-61-.